The Balaban J connectivity index is 1.63. The number of amides is 1. The molecular formula is C23H26FN3O2. The largest absolute Gasteiger partial charge is 0.395 e. The minimum Gasteiger partial charge on any atom is -0.395 e. The van der Waals surface area contributed by atoms with Gasteiger partial charge < -0.3 is 15.4 Å². The maximum absolute atomic E-state index is 13.7. The zero-order chi connectivity index (χ0) is 20.6. The highest BCUT2D eigenvalue weighted by molar-refractivity contribution is 5.95. The van der Waals surface area contributed by atoms with Gasteiger partial charge >= 0.3 is 0 Å². The number of benzene rings is 2. The standard InChI is InChI=1S/C23H26FN3O2/c1-25-23(29)21(24)14-17-6-8-18(9-7-17)16-27(12-13-28)11-10-19-15-26-22-5-3-2-4-20(19)22/h2-9,14-15,26,28H,10-13,16H2,1H3,(H,25,29)/b21-14+. The summed E-state index contributed by atoms with van der Waals surface area (Å²) >= 11 is 0. The summed E-state index contributed by atoms with van der Waals surface area (Å²) in [5.74, 6) is -1.55. The third kappa shape index (κ3) is 5.53. The van der Waals surface area contributed by atoms with Crippen molar-refractivity contribution in [2.24, 2.45) is 0 Å². The van der Waals surface area contributed by atoms with Crippen LogP contribution in [-0.2, 0) is 17.8 Å². The van der Waals surface area contributed by atoms with Crippen LogP contribution in [0.2, 0.25) is 0 Å². The summed E-state index contributed by atoms with van der Waals surface area (Å²) in [7, 11) is 1.39. The van der Waals surface area contributed by atoms with E-state index in [1.165, 1.54) is 24.1 Å². The first kappa shape index (κ1) is 20.8. The lowest BCUT2D eigenvalue weighted by Gasteiger charge is -2.21. The minimum atomic E-state index is -0.819. The topological polar surface area (TPSA) is 68.4 Å². The van der Waals surface area contributed by atoms with E-state index >= 15 is 0 Å². The van der Waals surface area contributed by atoms with Gasteiger partial charge in [0, 0.05) is 43.8 Å². The second-order valence-electron chi connectivity index (χ2n) is 6.92. The van der Waals surface area contributed by atoms with E-state index in [1.807, 2.05) is 30.5 Å². The lowest BCUT2D eigenvalue weighted by atomic mass is 10.1. The second kappa shape index (κ2) is 10.0. The molecule has 0 saturated carbocycles. The number of aliphatic hydroxyl groups is 1. The van der Waals surface area contributed by atoms with Crippen LogP contribution in [0.25, 0.3) is 17.0 Å². The number of aromatic amines is 1. The van der Waals surface area contributed by atoms with Crippen molar-refractivity contribution < 1.29 is 14.3 Å². The molecule has 0 aliphatic heterocycles. The molecule has 3 aromatic rings. The summed E-state index contributed by atoms with van der Waals surface area (Å²) in [5.41, 5.74) is 4.08. The van der Waals surface area contributed by atoms with Gasteiger partial charge in [0.15, 0.2) is 5.83 Å². The molecule has 0 spiro atoms. The number of likely N-dealkylation sites (N-methyl/N-ethyl adjacent to an activating group) is 1. The summed E-state index contributed by atoms with van der Waals surface area (Å²) < 4.78 is 13.7. The molecule has 0 fully saturated rings. The average molecular weight is 395 g/mol. The number of hydrogen-bond donors (Lipinski definition) is 3. The maximum atomic E-state index is 13.7. The summed E-state index contributed by atoms with van der Waals surface area (Å²) in [6.07, 6.45) is 4.14. The number of H-pyrrole nitrogens is 1. The van der Waals surface area contributed by atoms with Crippen molar-refractivity contribution in [2.45, 2.75) is 13.0 Å². The molecule has 152 valence electrons. The van der Waals surface area contributed by atoms with E-state index in [4.69, 9.17) is 0 Å². The van der Waals surface area contributed by atoms with Crippen molar-refractivity contribution in [1.29, 1.82) is 0 Å². The molecular weight excluding hydrogens is 369 g/mol. The monoisotopic (exact) mass is 395 g/mol. The molecule has 3 rings (SSSR count). The normalized spacial score (nSPS) is 11.9. The number of nitrogens with zero attached hydrogens (tertiary/aromatic N) is 1. The SMILES string of the molecule is CNC(=O)/C(F)=C\c1ccc(CN(CCO)CCc2c[nH]c3ccccc23)cc1. The number of aliphatic hydroxyl groups excluding tert-OH is 1. The Kier molecular flexibility index (Phi) is 7.16. The highest BCUT2D eigenvalue weighted by atomic mass is 19.1. The Hall–Kier alpha value is -2.96. The molecule has 1 heterocycles. The van der Waals surface area contributed by atoms with Crippen molar-refractivity contribution in [1.82, 2.24) is 15.2 Å². The van der Waals surface area contributed by atoms with E-state index in [2.05, 4.69) is 27.3 Å². The molecule has 29 heavy (non-hydrogen) atoms. The summed E-state index contributed by atoms with van der Waals surface area (Å²) in [6.45, 7) is 2.17. The maximum Gasteiger partial charge on any atom is 0.279 e. The van der Waals surface area contributed by atoms with Crippen molar-refractivity contribution >= 4 is 22.9 Å². The number of halogens is 1. The van der Waals surface area contributed by atoms with Gasteiger partial charge in [0.25, 0.3) is 5.91 Å². The lowest BCUT2D eigenvalue weighted by molar-refractivity contribution is -0.118. The quantitative estimate of drug-likeness (QED) is 0.487. The Labute approximate surface area is 169 Å². The fourth-order valence-corrected chi connectivity index (χ4v) is 3.34. The van der Waals surface area contributed by atoms with Gasteiger partial charge in [0.1, 0.15) is 0 Å². The van der Waals surface area contributed by atoms with Crippen LogP contribution in [0.4, 0.5) is 4.39 Å². The van der Waals surface area contributed by atoms with Crippen molar-refractivity contribution in [3.63, 3.8) is 0 Å². The Morgan fingerprint density at radius 3 is 2.66 bits per heavy atom. The number of aromatic nitrogens is 1. The number of para-hydroxylation sites is 1. The van der Waals surface area contributed by atoms with Crippen molar-refractivity contribution in [3.8, 4) is 0 Å². The average Bonchev–Trinajstić information content (AvgIpc) is 3.16. The number of rotatable bonds is 9. The van der Waals surface area contributed by atoms with Gasteiger partial charge in [-0.2, -0.15) is 0 Å². The molecule has 0 radical (unpaired) electrons. The molecule has 0 unspecified atom stereocenters. The summed E-state index contributed by atoms with van der Waals surface area (Å²) in [4.78, 5) is 16.8. The smallest absolute Gasteiger partial charge is 0.279 e. The van der Waals surface area contributed by atoms with Crippen molar-refractivity contribution in [2.75, 3.05) is 26.7 Å². The van der Waals surface area contributed by atoms with E-state index in [0.717, 1.165) is 24.0 Å². The van der Waals surface area contributed by atoms with Gasteiger partial charge in [-0.25, -0.2) is 4.39 Å². The van der Waals surface area contributed by atoms with Gasteiger partial charge in [-0.05, 0) is 35.3 Å². The zero-order valence-corrected chi connectivity index (χ0v) is 16.5. The Morgan fingerprint density at radius 1 is 1.17 bits per heavy atom. The highest BCUT2D eigenvalue weighted by Crippen LogP contribution is 2.19. The van der Waals surface area contributed by atoms with Gasteiger partial charge in [0.2, 0.25) is 0 Å². The van der Waals surface area contributed by atoms with Crippen LogP contribution in [0.1, 0.15) is 16.7 Å². The van der Waals surface area contributed by atoms with Crippen LogP contribution in [0.15, 0.2) is 60.6 Å². The number of carbonyl (C=O) groups excluding carboxylic acids is 1. The van der Waals surface area contributed by atoms with Gasteiger partial charge in [-0.15, -0.1) is 0 Å². The highest BCUT2D eigenvalue weighted by Gasteiger charge is 2.09. The predicted octanol–water partition coefficient (Wildman–Crippen LogP) is 3.26. The molecule has 0 saturated heterocycles. The molecule has 6 heteroatoms. The van der Waals surface area contributed by atoms with Gasteiger partial charge in [-0.3, -0.25) is 9.69 Å². The van der Waals surface area contributed by atoms with Crippen LogP contribution < -0.4 is 5.32 Å². The summed E-state index contributed by atoms with van der Waals surface area (Å²) in [6, 6.07) is 15.6. The van der Waals surface area contributed by atoms with Crippen LogP contribution in [0, 0.1) is 0 Å². The van der Waals surface area contributed by atoms with E-state index in [1.54, 1.807) is 12.1 Å². The van der Waals surface area contributed by atoms with Crippen LogP contribution in [0.5, 0.6) is 0 Å². The first-order valence-electron chi connectivity index (χ1n) is 9.67. The van der Waals surface area contributed by atoms with E-state index in [0.29, 0.717) is 18.7 Å². The molecule has 0 atom stereocenters. The van der Waals surface area contributed by atoms with Crippen molar-refractivity contribution in [3.05, 3.63) is 77.2 Å². The van der Waals surface area contributed by atoms with E-state index in [9.17, 15) is 14.3 Å². The number of nitrogens with one attached hydrogen (secondary N) is 2. The lowest BCUT2D eigenvalue weighted by Crippen LogP contribution is -2.28. The zero-order valence-electron chi connectivity index (χ0n) is 16.5. The molecule has 0 aliphatic carbocycles. The molecule has 0 bridgehead atoms. The fourth-order valence-electron chi connectivity index (χ4n) is 3.34. The van der Waals surface area contributed by atoms with Crippen LogP contribution >= 0.6 is 0 Å². The van der Waals surface area contributed by atoms with E-state index < -0.39 is 11.7 Å². The molecule has 5 nitrogen and oxygen atoms in total. The second-order valence-corrected chi connectivity index (χ2v) is 6.92. The van der Waals surface area contributed by atoms with Gasteiger partial charge in [-0.1, -0.05) is 42.5 Å². The number of carbonyl (C=O) groups is 1. The van der Waals surface area contributed by atoms with Gasteiger partial charge in [0.05, 0.1) is 6.61 Å². The summed E-state index contributed by atoms with van der Waals surface area (Å²) in [5, 5.41) is 12.9. The molecule has 1 aromatic heterocycles. The molecule has 1 amide bonds. The third-order valence-electron chi connectivity index (χ3n) is 4.91. The number of hydrogen-bond acceptors (Lipinski definition) is 3. The molecule has 0 aliphatic rings. The predicted molar refractivity (Wildman–Crippen MR) is 114 cm³/mol. The van der Waals surface area contributed by atoms with Crippen LogP contribution in [-0.4, -0.2) is 47.6 Å². The first-order chi connectivity index (χ1) is 14.1. The number of fused-ring (bicyclic) bond motifs is 1. The Morgan fingerprint density at radius 2 is 1.93 bits per heavy atom. The fraction of sp³-hybridized carbons (Fsp3) is 0.261. The Bertz CT molecular complexity index is 979. The minimum absolute atomic E-state index is 0.0893. The molecule has 3 N–H and O–H groups in total. The first-order valence-corrected chi connectivity index (χ1v) is 9.67. The van der Waals surface area contributed by atoms with E-state index in [-0.39, 0.29) is 6.61 Å². The van der Waals surface area contributed by atoms with Crippen LogP contribution in [0.3, 0.4) is 0 Å². The third-order valence-corrected chi connectivity index (χ3v) is 4.91. The molecule has 2 aromatic carbocycles.